The Bertz CT molecular complexity index is 108. The maximum atomic E-state index is 11.9. The van der Waals surface area contributed by atoms with E-state index in [4.69, 9.17) is 9.84 Å². The molecule has 0 amide bonds. The second-order valence-electron chi connectivity index (χ2n) is 2.40. The number of alkyl halides is 2. The van der Waals surface area contributed by atoms with Gasteiger partial charge in [-0.2, -0.15) is 0 Å². The van der Waals surface area contributed by atoms with Crippen LogP contribution in [0.25, 0.3) is 0 Å². The van der Waals surface area contributed by atoms with E-state index in [1.54, 1.807) is 0 Å². The molecule has 0 aromatic heterocycles. The number of rotatable bonds is 2. The Morgan fingerprint density at radius 1 is 1.60 bits per heavy atom. The molecule has 1 aliphatic heterocycles. The summed E-state index contributed by atoms with van der Waals surface area (Å²) in [5.74, 6) is -0.361. The van der Waals surface area contributed by atoms with Crippen LogP contribution in [0.5, 0.6) is 0 Å². The Hall–Kier alpha value is -0.220. The summed E-state index contributed by atoms with van der Waals surface area (Å²) in [5, 5.41) is 8.57. The van der Waals surface area contributed by atoms with Crippen molar-refractivity contribution >= 4 is 0 Å². The van der Waals surface area contributed by atoms with Gasteiger partial charge in [-0.05, 0) is 6.42 Å². The van der Waals surface area contributed by atoms with E-state index in [1.165, 1.54) is 0 Å². The normalized spacial score (nSPS) is 33.6. The molecular weight excluding hydrogens is 142 g/mol. The van der Waals surface area contributed by atoms with E-state index in [-0.39, 0.29) is 12.5 Å². The Kier molecular flexibility index (Phi) is 2.56. The second-order valence-corrected chi connectivity index (χ2v) is 2.40. The van der Waals surface area contributed by atoms with Crippen LogP contribution in [0.3, 0.4) is 0 Å². The van der Waals surface area contributed by atoms with Crippen molar-refractivity contribution < 1.29 is 18.6 Å². The molecule has 1 heterocycles. The van der Waals surface area contributed by atoms with Gasteiger partial charge in [0.05, 0.1) is 0 Å². The van der Waals surface area contributed by atoms with E-state index in [0.717, 1.165) is 0 Å². The monoisotopic (exact) mass is 152 g/mol. The molecule has 60 valence electrons. The smallest absolute Gasteiger partial charge is 0.264 e. The highest BCUT2D eigenvalue weighted by Crippen LogP contribution is 2.24. The van der Waals surface area contributed by atoms with Gasteiger partial charge in [0.2, 0.25) is 0 Å². The van der Waals surface area contributed by atoms with Crippen LogP contribution in [-0.4, -0.2) is 30.8 Å². The van der Waals surface area contributed by atoms with Crippen LogP contribution in [0.4, 0.5) is 8.78 Å². The fourth-order valence-corrected chi connectivity index (χ4v) is 1.13. The summed E-state index contributed by atoms with van der Waals surface area (Å²) in [6.07, 6.45) is -2.95. The summed E-state index contributed by atoms with van der Waals surface area (Å²) in [4.78, 5) is 0. The van der Waals surface area contributed by atoms with Crippen molar-refractivity contribution in [2.75, 3.05) is 13.2 Å². The van der Waals surface area contributed by atoms with Crippen LogP contribution in [0, 0.1) is 5.92 Å². The van der Waals surface area contributed by atoms with E-state index >= 15 is 0 Å². The lowest BCUT2D eigenvalue weighted by Gasteiger charge is -2.14. The molecule has 10 heavy (non-hydrogen) atoms. The largest absolute Gasteiger partial charge is 0.396 e. The lowest BCUT2D eigenvalue weighted by Crippen LogP contribution is -2.26. The van der Waals surface area contributed by atoms with Crippen LogP contribution in [0.2, 0.25) is 0 Å². The first-order chi connectivity index (χ1) is 4.75. The molecule has 2 atom stereocenters. The molecule has 0 saturated carbocycles. The molecule has 1 aliphatic rings. The summed E-state index contributed by atoms with van der Waals surface area (Å²) in [6.45, 7) is 0.148. The Labute approximate surface area is 57.8 Å². The molecule has 1 saturated heterocycles. The second kappa shape index (κ2) is 3.25. The molecule has 2 unspecified atom stereocenters. The molecule has 0 spiro atoms. The number of hydrogen-bond donors (Lipinski definition) is 1. The third kappa shape index (κ3) is 1.44. The van der Waals surface area contributed by atoms with Crippen LogP contribution in [0.15, 0.2) is 0 Å². The van der Waals surface area contributed by atoms with Gasteiger partial charge >= 0.3 is 0 Å². The highest BCUT2D eigenvalue weighted by atomic mass is 19.3. The molecule has 0 bridgehead atoms. The van der Waals surface area contributed by atoms with Crippen molar-refractivity contribution in [2.24, 2.45) is 5.92 Å². The lowest BCUT2D eigenvalue weighted by atomic mass is 10.0. The van der Waals surface area contributed by atoms with E-state index in [0.29, 0.717) is 13.0 Å². The highest BCUT2D eigenvalue weighted by Gasteiger charge is 2.34. The average Bonchev–Trinajstić information content (AvgIpc) is 2.33. The Morgan fingerprint density at radius 3 is 2.70 bits per heavy atom. The quantitative estimate of drug-likeness (QED) is 0.629. The van der Waals surface area contributed by atoms with Crippen LogP contribution in [-0.2, 0) is 4.74 Å². The minimum absolute atomic E-state index is 0.199. The van der Waals surface area contributed by atoms with Gasteiger partial charge in [-0.15, -0.1) is 0 Å². The third-order valence-electron chi connectivity index (χ3n) is 1.75. The number of ether oxygens (including phenoxy) is 1. The molecule has 4 heteroatoms. The first-order valence-electron chi connectivity index (χ1n) is 3.26. The molecule has 0 aliphatic carbocycles. The number of aliphatic hydroxyl groups is 1. The molecule has 2 nitrogen and oxygen atoms in total. The Morgan fingerprint density at radius 2 is 2.30 bits per heavy atom. The van der Waals surface area contributed by atoms with Crippen molar-refractivity contribution in [3.8, 4) is 0 Å². The maximum Gasteiger partial charge on any atom is 0.264 e. The zero-order valence-corrected chi connectivity index (χ0v) is 5.46. The molecule has 1 rings (SSSR count). The molecule has 0 aromatic rings. The molecule has 0 radical (unpaired) electrons. The predicted octanol–water partition coefficient (Wildman–Crippen LogP) is 0.649. The van der Waals surface area contributed by atoms with Gasteiger partial charge < -0.3 is 9.84 Å². The average molecular weight is 152 g/mol. The first-order valence-corrected chi connectivity index (χ1v) is 3.26. The zero-order chi connectivity index (χ0) is 7.56. The minimum Gasteiger partial charge on any atom is -0.396 e. The maximum absolute atomic E-state index is 11.9. The van der Waals surface area contributed by atoms with Crippen LogP contribution in [0.1, 0.15) is 6.42 Å². The van der Waals surface area contributed by atoms with Gasteiger partial charge in [0.15, 0.2) is 0 Å². The predicted molar refractivity (Wildman–Crippen MR) is 30.9 cm³/mol. The van der Waals surface area contributed by atoms with E-state index in [2.05, 4.69) is 0 Å². The summed E-state index contributed by atoms with van der Waals surface area (Å²) in [5.41, 5.74) is 0. The van der Waals surface area contributed by atoms with Crippen LogP contribution < -0.4 is 0 Å². The molecule has 1 N–H and O–H groups in total. The fraction of sp³-hybridized carbons (Fsp3) is 1.00. The molecule has 1 fully saturated rings. The van der Waals surface area contributed by atoms with Crippen molar-refractivity contribution in [2.45, 2.75) is 19.0 Å². The molecular formula is C6H10F2O2. The van der Waals surface area contributed by atoms with E-state index < -0.39 is 12.5 Å². The summed E-state index contributed by atoms with van der Waals surface area (Å²) in [6, 6.07) is 0. The van der Waals surface area contributed by atoms with Gasteiger partial charge in [0.25, 0.3) is 6.43 Å². The van der Waals surface area contributed by atoms with Crippen LogP contribution >= 0.6 is 0 Å². The van der Waals surface area contributed by atoms with Crippen molar-refractivity contribution in [3.05, 3.63) is 0 Å². The van der Waals surface area contributed by atoms with E-state index in [9.17, 15) is 8.78 Å². The van der Waals surface area contributed by atoms with Gasteiger partial charge in [-0.25, -0.2) is 8.78 Å². The number of hydrogen-bond acceptors (Lipinski definition) is 2. The molecule has 0 aromatic carbocycles. The zero-order valence-electron chi connectivity index (χ0n) is 5.46. The van der Waals surface area contributed by atoms with Gasteiger partial charge in [-0.3, -0.25) is 0 Å². The first kappa shape index (κ1) is 7.88. The van der Waals surface area contributed by atoms with Gasteiger partial charge in [0.1, 0.15) is 6.10 Å². The number of halogens is 2. The van der Waals surface area contributed by atoms with Crippen molar-refractivity contribution in [1.82, 2.24) is 0 Å². The minimum atomic E-state index is -2.46. The SMILES string of the molecule is OCC1CCOC1C(F)F. The Balaban J connectivity index is 2.42. The standard InChI is InChI=1S/C6H10F2O2/c7-6(8)5-4(3-9)1-2-10-5/h4-6,9H,1-3H2. The summed E-state index contributed by atoms with van der Waals surface area (Å²) in [7, 11) is 0. The number of aliphatic hydroxyl groups excluding tert-OH is 1. The lowest BCUT2D eigenvalue weighted by molar-refractivity contribution is -0.0471. The fourth-order valence-electron chi connectivity index (χ4n) is 1.13. The van der Waals surface area contributed by atoms with Gasteiger partial charge in [0, 0.05) is 19.1 Å². The van der Waals surface area contributed by atoms with Crippen molar-refractivity contribution in [3.63, 3.8) is 0 Å². The topological polar surface area (TPSA) is 29.5 Å². The summed E-state index contributed by atoms with van der Waals surface area (Å²) >= 11 is 0. The van der Waals surface area contributed by atoms with Gasteiger partial charge in [-0.1, -0.05) is 0 Å². The van der Waals surface area contributed by atoms with E-state index in [1.807, 2.05) is 0 Å². The highest BCUT2D eigenvalue weighted by molar-refractivity contribution is 4.77. The van der Waals surface area contributed by atoms with Crippen molar-refractivity contribution in [1.29, 1.82) is 0 Å². The summed E-state index contributed by atoms with van der Waals surface area (Å²) < 4.78 is 28.6. The third-order valence-corrected chi connectivity index (χ3v) is 1.75.